The molecule has 5 nitrogen and oxygen atoms in total. The number of carbonyl (C=O) groups excluding carboxylic acids is 2. The number of rotatable bonds is 4. The molecule has 90 valence electrons. The van der Waals surface area contributed by atoms with Gasteiger partial charge in [0, 0.05) is 6.54 Å². The minimum Gasteiger partial charge on any atom is -0.495 e. The Morgan fingerprint density at radius 3 is 2.69 bits per heavy atom. The topological polar surface area (TPSA) is 69.6 Å². The number of nitrogens with one attached hydrogen (secondary N) is 1. The summed E-state index contributed by atoms with van der Waals surface area (Å²) >= 11 is 0. The average molecular weight is 226 g/mol. The maximum atomic E-state index is 11.8. The highest BCUT2D eigenvalue weighted by Gasteiger charge is 2.36. The van der Waals surface area contributed by atoms with Gasteiger partial charge in [0.15, 0.2) is 11.7 Å². The van der Waals surface area contributed by atoms with Crippen molar-refractivity contribution in [3.8, 4) is 0 Å². The molecule has 1 heterocycles. The Hall–Kier alpha value is -1.52. The molecule has 5 heteroatoms. The molecule has 0 bridgehead atoms. The Kier molecular flexibility index (Phi) is 3.93. The number of nitrogens with zero attached hydrogens (tertiary/aromatic N) is 1. The van der Waals surface area contributed by atoms with Crippen LogP contribution < -0.4 is 5.32 Å². The molecule has 0 spiro atoms. The van der Waals surface area contributed by atoms with Crippen LogP contribution >= 0.6 is 0 Å². The largest absolute Gasteiger partial charge is 0.495 e. The third-order valence-corrected chi connectivity index (χ3v) is 2.88. The standard InChI is InChI=1S/C11H18N2O3/c1-7-4-5-13(11(7)8(2)14)10(16)6-12-9(3)15/h7,11-12,15H,3-6H2,1-2H3/t7-,11+/m1/s1. The van der Waals surface area contributed by atoms with E-state index in [1.165, 1.54) is 6.92 Å². The van der Waals surface area contributed by atoms with Gasteiger partial charge >= 0.3 is 0 Å². The summed E-state index contributed by atoms with van der Waals surface area (Å²) in [6, 6.07) is -0.318. The summed E-state index contributed by atoms with van der Waals surface area (Å²) in [4.78, 5) is 24.8. The zero-order valence-corrected chi connectivity index (χ0v) is 9.69. The van der Waals surface area contributed by atoms with Gasteiger partial charge in [0.1, 0.15) is 0 Å². The molecular formula is C11H18N2O3. The second-order valence-electron chi connectivity index (χ2n) is 4.21. The number of hydrogen-bond acceptors (Lipinski definition) is 4. The van der Waals surface area contributed by atoms with E-state index in [2.05, 4.69) is 11.9 Å². The molecule has 1 aliphatic rings. The zero-order chi connectivity index (χ0) is 12.3. The Morgan fingerprint density at radius 2 is 2.19 bits per heavy atom. The lowest BCUT2D eigenvalue weighted by atomic mass is 10.00. The van der Waals surface area contributed by atoms with Gasteiger partial charge in [-0.3, -0.25) is 9.59 Å². The highest BCUT2D eigenvalue weighted by molar-refractivity contribution is 5.89. The molecule has 1 saturated heterocycles. The van der Waals surface area contributed by atoms with Gasteiger partial charge in [-0.1, -0.05) is 6.92 Å². The van der Waals surface area contributed by atoms with Crippen molar-refractivity contribution < 1.29 is 14.7 Å². The third-order valence-electron chi connectivity index (χ3n) is 2.88. The van der Waals surface area contributed by atoms with Gasteiger partial charge < -0.3 is 15.3 Å². The molecule has 1 aliphatic heterocycles. The Labute approximate surface area is 95.1 Å². The molecule has 0 aromatic carbocycles. The molecule has 1 amide bonds. The Balaban J connectivity index is 2.61. The van der Waals surface area contributed by atoms with Crippen LogP contribution in [0.4, 0.5) is 0 Å². The molecule has 1 fully saturated rings. The van der Waals surface area contributed by atoms with Crippen LogP contribution in [-0.2, 0) is 9.59 Å². The second kappa shape index (κ2) is 5.01. The number of aliphatic hydroxyl groups is 1. The van der Waals surface area contributed by atoms with Crippen LogP contribution in [0.5, 0.6) is 0 Å². The molecule has 2 N–H and O–H groups in total. The molecule has 0 radical (unpaired) electrons. The summed E-state index contributed by atoms with van der Waals surface area (Å²) in [5, 5.41) is 11.3. The van der Waals surface area contributed by atoms with E-state index in [0.717, 1.165) is 6.42 Å². The molecule has 0 unspecified atom stereocenters. The fourth-order valence-corrected chi connectivity index (χ4v) is 2.13. The second-order valence-corrected chi connectivity index (χ2v) is 4.21. The maximum Gasteiger partial charge on any atom is 0.242 e. The SMILES string of the molecule is C=C(O)NCC(=O)N1CC[C@@H](C)[C@H]1C(C)=O. The van der Waals surface area contributed by atoms with E-state index >= 15 is 0 Å². The van der Waals surface area contributed by atoms with Crippen molar-refractivity contribution in [2.45, 2.75) is 26.3 Å². The van der Waals surface area contributed by atoms with Crippen molar-refractivity contribution in [3.05, 3.63) is 12.5 Å². The van der Waals surface area contributed by atoms with E-state index < -0.39 is 0 Å². The predicted octanol–water partition coefficient (Wildman–Crippen LogP) is 0.431. The molecule has 0 aliphatic carbocycles. The number of ketones is 1. The van der Waals surface area contributed by atoms with Crippen molar-refractivity contribution in [1.29, 1.82) is 0 Å². The molecule has 0 aromatic rings. The highest BCUT2D eigenvalue weighted by atomic mass is 16.3. The molecule has 0 saturated carbocycles. The molecule has 16 heavy (non-hydrogen) atoms. The first-order chi connectivity index (χ1) is 7.43. The van der Waals surface area contributed by atoms with Crippen molar-refractivity contribution in [2.75, 3.05) is 13.1 Å². The van der Waals surface area contributed by atoms with E-state index in [1.807, 2.05) is 6.92 Å². The summed E-state index contributed by atoms with van der Waals surface area (Å²) in [5.41, 5.74) is 0. The molecule has 2 atom stereocenters. The quantitative estimate of drug-likeness (QED) is 0.682. The van der Waals surface area contributed by atoms with Gasteiger partial charge in [-0.2, -0.15) is 0 Å². The summed E-state index contributed by atoms with van der Waals surface area (Å²) in [5.74, 6) is -0.195. The molecule has 1 rings (SSSR count). The Morgan fingerprint density at radius 1 is 1.56 bits per heavy atom. The number of amides is 1. The molecule has 0 aromatic heterocycles. The van der Waals surface area contributed by atoms with Gasteiger partial charge in [0.2, 0.25) is 5.91 Å². The van der Waals surface area contributed by atoms with Crippen molar-refractivity contribution in [1.82, 2.24) is 10.2 Å². The zero-order valence-electron chi connectivity index (χ0n) is 9.69. The van der Waals surface area contributed by atoms with Gasteiger partial charge in [-0.15, -0.1) is 0 Å². The normalized spacial score (nSPS) is 24.2. The number of hydrogen-bond donors (Lipinski definition) is 2. The lowest BCUT2D eigenvalue weighted by Crippen LogP contribution is -2.45. The van der Waals surface area contributed by atoms with E-state index in [0.29, 0.717) is 6.54 Å². The van der Waals surface area contributed by atoms with Gasteiger partial charge in [-0.05, 0) is 25.8 Å². The number of carbonyl (C=O) groups is 2. The summed E-state index contributed by atoms with van der Waals surface area (Å²) in [6.07, 6.45) is 0.843. The maximum absolute atomic E-state index is 11.8. The van der Waals surface area contributed by atoms with E-state index in [9.17, 15) is 9.59 Å². The number of aliphatic hydroxyl groups excluding tert-OH is 1. The predicted molar refractivity (Wildman–Crippen MR) is 59.7 cm³/mol. The first-order valence-corrected chi connectivity index (χ1v) is 5.35. The van der Waals surface area contributed by atoms with Crippen LogP contribution in [0.25, 0.3) is 0 Å². The van der Waals surface area contributed by atoms with E-state index in [4.69, 9.17) is 5.11 Å². The van der Waals surface area contributed by atoms with Crippen LogP contribution in [0.1, 0.15) is 20.3 Å². The lowest BCUT2D eigenvalue weighted by Gasteiger charge is -2.24. The first kappa shape index (κ1) is 12.5. The number of likely N-dealkylation sites (tertiary alicyclic amines) is 1. The van der Waals surface area contributed by atoms with Crippen LogP contribution in [0.3, 0.4) is 0 Å². The van der Waals surface area contributed by atoms with Crippen LogP contribution in [0.2, 0.25) is 0 Å². The van der Waals surface area contributed by atoms with Crippen LogP contribution in [-0.4, -0.2) is 40.8 Å². The van der Waals surface area contributed by atoms with Crippen molar-refractivity contribution >= 4 is 11.7 Å². The fraction of sp³-hybridized carbons (Fsp3) is 0.636. The molecular weight excluding hydrogens is 208 g/mol. The third kappa shape index (κ3) is 2.74. The summed E-state index contributed by atoms with van der Waals surface area (Å²) in [7, 11) is 0. The smallest absolute Gasteiger partial charge is 0.242 e. The van der Waals surface area contributed by atoms with Gasteiger partial charge in [-0.25, -0.2) is 0 Å². The van der Waals surface area contributed by atoms with Crippen molar-refractivity contribution in [3.63, 3.8) is 0 Å². The van der Waals surface area contributed by atoms with Crippen molar-refractivity contribution in [2.24, 2.45) is 5.92 Å². The minimum atomic E-state index is -0.318. The summed E-state index contributed by atoms with van der Waals surface area (Å²) in [6.45, 7) is 7.28. The highest BCUT2D eigenvalue weighted by Crippen LogP contribution is 2.24. The Bertz CT molecular complexity index is 314. The van der Waals surface area contributed by atoms with E-state index in [-0.39, 0.29) is 36.1 Å². The van der Waals surface area contributed by atoms with Gasteiger partial charge in [0.25, 0.3) is 0 Å². The van der Waals surface area contributed by atoms with Crippen LogP contribution in [0, 0.1) is 5.92 Å². The minimum absolute atomic E-state index is 0.0150. The average Bonchev–Trinajstić information content (AvgIpc) is 2.56. The van der Waals surface area contributed by atoms with Gasteiger partial charge in [0.05, 0.1) is 12.6 Å². The fourth-order valence-electron chi connectivity index (χ4n) is 2.13. The summed E-state index contributed by atoms with van der Waals surface area (Å²) < 4.78 is 0. The van der Waals surface area contributed by atoms with E-state index in [1.54, 1.807) is 4.90 Å². The first-order valence-electron chi connectivity index (χ1n) is 5.35. The monoisotopic (exact) mass is 226 g/mol. The van der Waals surface area contributed by atoms with Crippen LogP contribution in [0.15, 0.2) is 12.5 Å². The number of Topliss-reactive ketones (excluding diaryl/α,β-unsaturated/α-hetero) is 1. The lowest BCUT2D eigenvalue weighted by molar-refractivity contribution is -0.136.